The van der Waals surface area contributed by atoms with Crippen LogP contribution in [0.5, 0.6) is 5.75 Å². The lowest BCUT2D eigenvalue weighted by Crippen LogP contribution is -2.23. The maximum atomic E-state index is 13.6. The first kappa shape index (κ1) is 12.5. The lowest BCUT2D eigenvalue weighted by atomic mass is 9.89. The Morgan fingerprint density at radius 3 is 2.61 bits per heavy atom. The molecule has 1 aromatic carbocycles. The molecule has 2 aromatic rings. The second-order valence-corrected chi connectivity index (χ2v) is 4.16. The first-order valence-corrected chi connectivity index (χ1v) is 5.52. The largest absolute Gasteiger partial charge is 0.494 e. The monoisotopic (exact) mass is 247 g/mol. The van der Waals surface area contributed by atoms with Crippen LogP contribution in [0, 0.1) is 5.82 Å². The number of nitrogens with zero attached hydrogens (tertiary/aromatic N) is 1. The van der Waals surface area contributed by atoms with E-state index in [4.69, 9.17) is 4.74 Å². The van der Waals surface area contributed by atoms with E-state index >= 15 is 0 Å². The van der Waals surface area contributed by atoms with Gasteiger partial charge in [-0.25, -0.2) is 4.39 Å². The Labute approximate surface area is 105 Å². The van der Waals surface area contributed by atoms with Gasteiger partial charge in [-0.3, -0.25) is 4.98 Å². The molecule has 0 aliphatic heterocycles. The van der Waals surface area contributed by atoms with Gasteiger partial charge in [-0.05, 0) is 30.7 Å². The van der Waals surface area contributed by atoms with Crippen molar-refractivity contribution in [3.8, 4) is 5.75 Å². The minimum atomic E-state index is -1.29. The summed E-state index contributed by atoms with van der Waals surface area (Å²) in [7, 11) is 1.40. The van der Waals surface area contributed by atoms with Gasteiger partial charge >= 0.3 is 0 Å². The summed E-state index contributed by atoms with van der Waals surface area (Å²) < 4.78 is 18.5. The number of aromatic nitrogens is 1. The number of hydrogen-bond donors (Lipinski definition) is 1. The Kier molecular flexibility index (Phi) is 3.30. The summed E-state index contributed by atoms with van der Waals surface area (Å²) in [5, 5.41) is 10.5. The van der Waals surface area contributed by atoms with E-state index in [2.05, 4.69) is 4.98 Å². The van der Waals surface area contributed by atoms with Crippen LogP contribution in [0.15, 0.2) is 42.7 Å². The third-order valence-electron chi connectivity index (χ3n) is 2.94. The van der Waals surface area contributed by atoms with Crippen molar-refractivity contribution in [1.29, 1.82) is 0 Å². The molecule has 1 atom stereocenters. The standard InChI is InChI=1S/C14H14FNO2/c1-14(17,11-4-3-7-16-9-11)10-5-6-13(18-2)12(15)8-10/h3-9,17H,1-2H3. The van der Waals surface area contributed by atoms with Gasteiger partial charge in [0.15, 0.2) is 11.6 Å². The van der Waals surface area contributed by atoms with Crippen LogP contribution in [-0.4, -0.2) is 17.2 Å². The number of aliphatic hydroxyl groups is 1. The lowest BCUT2D eigenvalue weighted by molar-refractivity contribution is 0.101. The molecule has 2 rings (SSSR count). The van der Waals surface area contributed by atoms with Crippen LogP contribution in [0.3, 0.4) is 0 Å². The van der Waals surface area contributed by atoms with Gasteiger partial charge in [0.1, 0.15) is 5.60 Å². The predicted molar refractivity (Wildman–Crippen MR) is 65.9 cm³/mol. The third-order valence-corrected chi connectivity index (χ3v) is 2.94. The van der Waals surface area contributed by atoms with Gasteiger partial charge < -0.3 is 9.84 Å². The van der Waals surface area contributed by atoms with E-state index < -0.39 is 11.4 Å². The first-order valence-electron chi connectivity index (χ1n) is 5.52. The molecule has 1 unspecified atom stereocenters. The van der Waals surface area contributed by atoms with Crippen molar-refractivity contribution < 1.29 is 14.2 Å². The SMILES string of the molecule is COc1ccc(C(C)(O)c2cccnc2)cc1F. The second kappa shape index (κ2) is 4.74. The van der Waals surface area contributed by atoms with E-state index in [1.54, 1.807) is 37.5 Å². The Morgan fingerprint density at radius 1 is 1.28 bits per heavy atom. The second-order valence-electron chi connectivity index (χ2n) is 4.16. The summed E-state index contributed by atoms with van der Waals surface area (Å²) in [6.07, 6.45) is 3.18. The van der Waals surface area contributed by atoms with E-state index in [0.717, 1.165) is 0 Å². The molecule has 0 amide bonds. The molecule has 1 heterocycles. The molecule has 0 aliphatic rings. The van der Waals surface area contributed by atoms with E-state index in [1.165, 1.54) is 19.2 Å². The Bertz CT molecular complexity index is 541. The minimum absolute atomic E-state index is 0.153. The minimum Gasteiger partial charge on any atom is -0.494 e. The molecule has 0 saturated heterocycles. The van der Waals surface area contributed by atoms with Gasteiger partial charge in [-0.15, -0.1) is 0 Å². The summed E-state index contributed by atoms with van der Waals surface area (Å²) >= 11 is 0. The topological polar surface area (TPSA) is 42.4 Å². The number of rotatable bonds is 3. The number of pyridine rings is 1. The van der Waals surface area contributed by atoms with Crippen LogP contribution < -0.4 is 4.74 Å². The zero-order chi connectivity index (χ0) is 13.2. The number of ether oxygens (including phenoxy) is 1. The number of hydrogen-bond acceptors (Lipinski definition) is 3. The van der Waals surface area contributed by atoms with Crippen molar-refractivity contribution in [2.24, 2.45) is 0 Å². The van der Waals surface area contributed by atoms with Gasteiger partial charge in [-0.1, -0.05) is 12.1 Å². The molecule has 0 spiro atoms. The summed E-state index contributed by atoms with van der Waals surface area (Å²) in [5.74, 6) is -0.347. The van der Waals surface area contributed by atoms with E-state index in [9.17, 15) is 9.50 Å². The van der Waals surface area contributed by atoms with Gasteiger partial charge in [0, 0.05) is 18.0 Å². The van der Waals surface area contributed by atoms with Gasteiger partial charge in [0.2, 0.25) is 0 Å². The molecule has 0 radical (unpaired) electrons. The number of halogens is 1. The van der Waals surface area contributed by atoms with Crippen LogP contribution in [0.4, 0.5) is 4.39 Å². The van der Waals surface area contributed by atoms with E-state index in [-0.39, 0.29) is 5.75 Å². The molecule has 0 aliphatic carbocycles. The Hall–Kier alpha value is -1.94. The van der Waals surface area contributed by atoms with Crippen molar-refractivity contribution in [1.82, 2.24) is 4.98 Å². The predicted octanol–water partition coefficient (Wildman–Crippen LogP) is 2.49. The molecule has 18 heavy (non-hydrogen) atoms. The fraction of sp³-hybridized carbons (Fsp3) is 0.214. The van der Waals surface area contributed by atoms with Crippen molar-refractivity contribution in [2.45, 2.75) is 12.5 Å². The molecular formula is C14H14FNO2. The fourth-order valence-electron chi connectivity index (χ4n) is 1.79. The van der Waals surface area contributed by atoms with Crippen LogP contribution >= 0.6 is 0 Å². The highest BCUT2D eigenvalue weighted by atomic mass is 19.1. The highest BCUT2D eigenvalue weighted by Crippen LogP contribution is 2.31. The van der Waals surface area contributed by atoms with Gasteiger partial charge in [-0.2, -0.15) is 0 Å². The third kappa shape index (κ3) is 2.19. The lowest BCUT2D eigenvalue weighted by Gasteiger charge is -2.24. The smallest absolute Gasteiger partial charge is 0.165 e. The summed E-state index contributed by atoms with van der Waals surface area (Å²) in [4.78, 5) is 3.95. The van der Waals surface area contributed by atoms with Crippen molar-refractivity contribution in [3.63, 3.8) is 0 Å². The van der Waals surface area contributed by atoms with Crippen molar-refractivity contribution in [2.75, 3.05) is 7.11 Å². The Balaban J connectivity index is 2.45. The molecule has 94 valence electrons. The number of benzene rings is 1. The fourth-order valence-corrected chi connectivity index (χ4v) is 1.79. The quantitative estimate of drug-likeness (QED) is 0.906. The first-order chi connectivity index (χ1) is 8.55. The van der Waals surface area contributed by atoms with Crippen LogP contribution in [0.25, 0.3) is 0 Å². The Morgan fingerprint density at radius 2 is 2.06 bits per heavy atom. The maximum absolute atomic E-state index is 13.6. The van der Waals surface area contributed by atoms with Gasteiger partial charge in [0.05, 0.1) is 7.11 Å². The van der Waals surface area contributed by atoms with Crippen molar-refractivity contribution >= 4 is 0 Å². The molecular weight excluding hydrogens is 233 g/mol. The normalized spacial score (nSPS) is 14.0. The maximum Gasteiger partial charge on any atom is 0.165 e. The molecule has 3 nitrogen and oxygen atoms in total. The summed E-state index contributed by atoms with van der Waals surface area (Å²) in [6, 6.07) is 7.87. The highest BCUT2D eigenvalue weighted by molar-refractivity contribution is 5.38. The average Bonchev–Trinajstić information content (AvgIpc) is 2.39. The zero-order valence-electron chi connectivity index (χ0n) is 10.2. The van der Waals surface area contributed by atoms with Crippen molar-refractivity contribution in [3.05, 3.63) is 59.7 Å². The number of methoxy groups -OCH3 is 1. The van der Waals surface area contributed by atoms with Crippen LogP contribution in [-0.2, 0) is 5.60 Å². The average molecular weight is 247 g/mol. The van der Waals surface area contributed by atoms with Crippen LogP contribution in [0.1, 0.15) is 18.1 Å². The molecule has 1 N–H and O–H groups in total. The molecule has 4 heteroatoms. The molecule has 0 fully saturated rings. The van der Waals surface area contributed by atoms with E-state index in [0.29, 0.717) is 11.1 Å². The van der Waals surface area contributed by atoms with Gasteiger partial charge in [0.25, 0.3) is 0 Å². The summed E-state index contributed by atoms with van der Waals surface area (Å²) in [6.45, 7) is 1.60. The highest BCUT2D eigenvalue weighted by Gasteiger charge is 2.26. The van der Waals surface area contributed by atoms with E-state index in [1.807, 2.05) is 0 Å². The molecule has 0 bridgehead atoms. The summed E-state index contributed by atoms with van der Waals surface area (Å²) in [5.41, 5.74) is -0.232. The van der Waals surface area contributed by atoms with Crippen LogP contribution in [0.2, 0.25) is 0 Å². The molecule has 1 aromatic heterocycles. The zero-order valence-corrected chi connectivity index (χ0v) is 10.2. The molecule has 0 saturated carbocycles.